The molecular weight excluding hydrogens is 320 g/mol. The van der Waals surface area contributed by atoms with Crippen molar-refractivity contribution >= 4 is 17.3 Å². The minimum atomic E-state index is -0.852. The van der Waals surface area contributed by atoms with Crippen LogP contribution in [0.5, 0.6) is 5.75 Å². The van der Waals surface area contributed by atoms with Crippen LogP contribution in [0.2, 0.25) is 0 Å². The Balaban J connectivity index is 1.70. The number of aryl methyl sites for hydroxylation is 3. The van der Waals surface area contributed by atoms with Crippen LogP contribution in [0.15, 0.2) is 36.4 Å². The van der Waals surface area contributed by atoms with Crippen molar-refractivity contribution in [3.63, 3.8) is 0 Å². The number of amides is 1. The maximum Gasteiger partial charge on any atom is 0.311 e. The number of nitrogens with one attached hydrogen (secondary N) is 1. The summed E-state index contributed by atoms with van der Waals surface area (Å²) in [5.41, 5.74) is 3.93. The van der Waals surface area contributed by atoms with Crippen LogP contribution >= 0.6 is 0 Å². The van der Waals surface area contributed by atoms with Crippen LogP contribution in [-0.2, 0) is 17.6 Å². The molecule has 2 aromatic carbocycles. The third kappa shape index (κ3) is 3.79. The number of nitro benzene ring substituents is 1. The standard InChI is InChI=1S/C19H20N2O4/c1-12-6-9-18(17(10-12)21(23)24)25-13(2)19(22)20-16-8-7-14-4-3-5-15(14)11-16/h6-11,13H,3-5H2,1-2H3,(H,20,22). The molecule has 6 nitrogen and oxygen atoms in total. The third-order valence-electron chi connectivity index (χ3n) is 4.35. The van der Waals surface area contributed by atoms with Crippen LogP contribution < -0.4 is 10.1 Å². The topological polar surface area (TPSA) is 81.5 Å². The van der Waals surface area contributed by atoms with E-state index in [0.29, 0.717) is 0 Å². The molecule has 0 spiro atoms. The highest BCUT2D eigenvalue weighted by Crippen LogP contribution is 2.29. The monoisotopic (exact) mass is 340 g/mol. The number of carbonyl (C=O) groups is 1. The van der Waals surface area contributed by atoms with E-state index in [9.17, 15) is 14.9 Å². The summed E-state index contributed by atoms with van der Waals surface area (Å²) in [7, 11) is 0. The summed E-state index contributed by atoms with van der Waals surface area (Å²) >= 11 is 0. The highest BCUT2D eigenvalue weighted by atomic mass is 16.6. The summed E-state index contributed by atoms with van der Waals surface area (Å²) in [6.07, 6.45) is 2.40. The molecule has 3 rings (SSSR count). The largest absolute Gasteiger partial charge is 0.474 e. The SMILES string of the molecule is Cc1ccc(OC(C)C(=O)Nc2ccc3c(c2)CCC3)c([N+](=O)[O-])c1. The zero-order chi connectivity index (χ0) is 18.0. The maximum atomic E-state index is 12.4. The fraction of sp³-hybridized carbons (Fsp3) is 0.316. The van der Waals surface area contributed by atoms with E-state index in [4.69, 9.17) is 4.74 Å². The van der Waals surface area contributed by atoms with Gasteiger partial charge in [-0.3, -0.25) is 14.9 Å². The summed E-state index contributed by atoms with van der Waals surface area (Å²) in [4.78, 5) is 23.0. The fourth-order valence-corrected chi connectivity index (χ4v) is 3.01. The smallest absolute Gasteiger partial charge is 0.311 e. The van der Waals surface area contributed by atoms with Crippen molar-refractivity contribution in [2.45, 2.75) is 39.2 Å². The normalized spacial score (nSPS) is 13.8. The summed E-state index contributed by atoms with van der Waals surface area (Å²) in [6.45, 7) is 3.34. The van der Waals surface area contributed by atoms with Crippen molar-refractivity contribution in [2.24, 2.45) is 0 Å². The van der Waals surface area contributed by atoms with Crippen molar-refractivity contribution in [1.29, 1.82) is 0 Å². The third-order valence-corrected chi connectivity index (χ3v) is 4.35. The fourth-order valence-electron chi connectivity index (χ4n) is 3.01. The van der Waals surface area contributed by atoms with E-state index in [0.717, 1.165) is 30.5 Å². The maximum absolute atomic E-state index is 12.4. The molecule has 0 saturated carbocycles. The predicted molar refractivity (Wildman–Crippen MR) is 95.0 cm³/mol. The molecule has 0 heterocycles. The number of carbonyl (C=O) groups excluding carboxylic acids is 1. The first-order valence-electron chi connectivity index (χ1n) is 8.28. The highest BCUT2D eigenvalue weighted by Gasteiger charge is 2.22. The Morgan fingerprint density at radius 3 is 2.72 bits per heavy atom. The lowest BCUT2D eigenvalue weighted by Gasteiger charge is -2.15. The molecule has 0 bridgehead atoms. The number of anilines is 1. The summed E-state index contributed by atoms with van der Waals surface area (Å²) in [5.74, 6) is -0.250. The first-order chi connectivity index (χ1) is 11.9. The second-order valence-electron chi connectivity index (χ2n) is 6.31. The van der Waals surface area contributed by atoms with Gasteiger partial charge in [-0.15, -0.1) is 0 Å². The first kappa shape index (κ1) is 17.0. The average Bonchev–Trinajstić information content (AvgIpc) is 3.03. The van der Waals surface area contributed by atoms with E-state index >= 15 is 0 Å². The lowest BCUT2D eigenvalue weighted by atomic mass is 10.1. The molecule has 0 aliphatic heterocycles. The number of fused-ring (bicyclic) bond motifs is 1. The molecule has 1 aliphatic carbocycles. The minimum absolute atomic E-state index is 0.0900. The molecule has 0 radical (unpaired) electrons. The van der Waals surface area contributed by atoms with Gasteiger partial charge in [-0.1, -0.05) is 12.1 Å². The molecule has 1 unspecified atom stereocenters. The molecule has 0 aromatic heterocycles. The number of nitrogens with zero attached hydrogens (tertiary/aromatic N) is 1. The zero-order valence-electron chi connectivity index (χ0n) is 14.2. The van der Waals surface area contributed by atoms with Gasteiger partial charge in [0.25, 0.3) is 5.91 Å². The Labute approximate surface area is 146 Å². The predicted octanol–water partition coefficient (Wildman–Crippen LogP) is 3.80. The Kier molecular flexibility index (Phi) is 4.70. The van der Waals surface area contributed by atoms with Gasteiger partial charge in [0.15, 0.2) is 11.9 Å². The molecule has 130 valence electrons. The van der Waals surface area contributed by atoms with Crippen molar-refractivity contribution in [3.05, 3.63) is 63.2 Å². The van der Waals surface area contributed by atoms with Gasteiger partial charge in [0.05, 0.1) is 4.92 Å². The van der Waals surface area contributed by atoms with Gasteiger partial charge in [-0.2, -0.15) is 0 Å². The summed E-state index contributed by atoms with van der Waals surface area (Å²) < 4.78 is 5.53. The highest BCUT2D eigenvalue weighted by molar-refractivity contribution is 5.94. The summed E-state index contributed by atoms with van der Waals surface area (Å²) in [5, 5.41) is 14.0. The average molecular weight is 340 g/mol. The van der Waals surface area contributed by atoms with E-state index in [1.807, 2.05) is 18.2 Å². The molecule has 0 saturated heterocycles. The Bertz CT molecular complexity index is 832. The van der Waals surface area contributed by atoms with Crippen molar-refractivity contribution in [3.8, 4) is 5.75 Å². The second kappa shape index (κ2) is 6.93. The molecule has 25 heavy (non-hydrogen) atoms. The number of nitro groups is 1. The van der Waals surface area contributed by atoms with E-state index in [-0.39, 0.29) is 17.3 Å². The number of hydrogen-bond donors (Lipinski definition) is 1. The molecule has 2 aromatic rings. The van der Waals surface area contributed by atoms with Crippen molar-refractivity contribution < 1.29 is 14.5 Å². The van der Waals surface area contributed by atoms with Crippen molar-refractivity contribution in [2.75, 3.05) is 5.32 Å². The zero-order valence-corrected chi connectivity index (χ0v) is 14.2. The number of rotatable bonds is 5. The Morgan fingerprint density at radius 1 is 1.20 bits per heavy atom. The van der Waals surface area contributed by atoms with Crippen LogP contribution in [0.1, 0.15) is 30.0 Å². The van der Waals surface area contributed by atoms with E-state index in [1.54, 1.807) is 19.9 Å². The lowest BCUT2D eigenvalue weighted by Crippen LogP contribution is -2.30. The van der Waals surface area contributed by atoms with Gasteiger partial charge in [-0.05, 0) is 68.0 Å². The van der Waals surface area contributed by atoms with Gasteiger partial charge in [-0.25, -0.2) is 0 Å². The number of hydrogen-bond acceptors (Lipinski definition) is 4. The quantitative estimate of drug-likeness (QED) is 0.663. The Hall–Kier alpha value is -2.89. The van der Waals surface area contributed by atoms with Gasteiger partial charge in [0, 0.05) is 11.8 Å². The molecule has 0 fully saturated rings. The Morgan fingerprint density at radius 2 is 1.96 bits per heavy atom. The van der Waals surface area contributed by atoms with Gasteiger partial charge >= 0.3 is 5.69 Å². The summed E-state index contributed by atoms with van der Waals surface area (Å²) in [6, 6.07) is 10.6. The van der Waals surface area contributed by atoms with E-state index < -0.39 is 11.0 Å². The van der Waals surface area contributed by atoms with E-state index in [2.05, 4.69) is 5.32 Å². The number of ether oxygens (including phenoxy) is 1. The molecule has 1 atom stereocenters. The van der Waals surface area contributed by atoms with Crippen LogP contribution in [0.3, 0.4) is 0 Å². The molecule has 6 heteroatoms. The molecule has 1 aliphatic rings. The molecular formula is C19H20N2O4. The van der Waals surface area contributed by atoms with Crippen LogP contribution in [0, 0.1) is 17.0 Å². The lowest BCUT2D eigenvalue weighted by molar-refractivity contribution is -0.386. The van der Waals surface area contributed by atoms with Crippen molar-refractivity contribution in [1.82, 2.24) is 0 Å². The molecule has 1 N–H and O–H groups in total. The first-order valence-corrected chi connectivity index (χ1v) is 8.28. The van der Waals surface area contributed by atoms with Crippen LogP contribution in [0.4, 0.5) is 11.4 Å². The van der Waals surface area contributed by atoms with E-state index in [1.165, 1.54) is 23.3 Å². The second-order valence-corrected chi connectivity index (χ2v) is 6.31. The van der Waals surface area contributed by atoms with Crippen LogP contribution in [0.25, 0.3) is 0 Å². The molecule has 1 amide bonds. The van der Waals surface area contributed by atoms with Gasteiger partial charge in [0.1, 0.15) is 0 Å². The van der Waals surface area contributed by atoms with Gasteiger partial charge in [0.2, 0.25) is 0 Å². The number of benzene rings is 2. The minimum Gasteiger partial charge on any atom is -0.474 e. The van der Waals surface area contributed by atoms with Gasteiger partial charge < -0.3 is 10.1 Å². The van der Waals surface area contributed by atoms with Crippen LogP contribution in [-0.4, -0.2) is 16.9 Å².